The Morgan fingerprint density at radius 2 is 2.04 bits per heavy atom. The summed E-state index contributed by atoms with van der Waals surface area (Å²) in [6.07, 6.45) is 5.38. The number of carbonyl (C=O) groups is 1. The predicted octanol–water partition coefficient (Wildman–Crippen LogP) is 2.90. The van der Waals surface area contributed by atoms with E-state index in [1.165, 1.54) is 6.08 Å². The number of nitrogens with zero attached hydrogens (tertiary/aromatic N) is 2. The number of allylic oxidation sites excluding steroid dienone is 2. The van der Waals surface area contributed by atoms with E-state index in [1.54, 1.807) is 30.4 Å². The molecule has 124 valence electrons. The molecule has 0 amide bonds. The molecule has 1 unspecified atom stereocenters. The maximum Gasteiger partial charge on any atom is 0.349 e. The van der Waals surface area contributed by atoms with Crippen molar-refractivity contribution in [1.29, 1.82) is 0 Å². The Balaban J connectivity index is 1.73. The Bertz CT molecular complexity index is 1090. The van der Waals surface area contributed by atoms with Crippen molar-refractivity contribution in [2.75, 3.05) is 0 Å². The van der Waals surface area contributed by atoms with Gasteiger partial charge in [-0.25, -0.2) is 9.59 Å². The summed E-state index contributed by atoms with van der Waals surface area (Å²) in [4.78, 5) is 23.3. The van der Waals surface area contributed by atoms with Crippen molar-refractivity contribution in [3.05, 3.63) is 70.4 Å². The van der Waals surface area contributed by atoms with Crippen LogP contribution < -0.4 is 5.63 Å². The minimum absolute atomic E-state index is 0.0503. The van der Waals surface area contributed by atoms with Gasteiger partial charge in [0.1, 0.15) is 11.1 Å². The van der Waals surface area contributed by atoms with Crippen LogP contribution in [0.5, 0.6) is 0 Å². The SMILES string of the molecule is O=C(O)C1=CC(c2nnc(-c3cc4ccccc4oc3=O)o2)CC=C1. The van der Waals surface area contributed by atoms with Crippen molar-refractivity contribution < 1.29 is 18.7 Å². The number of para-hydroxylation sites is 1. The predicted molar refractivity (Wildman–Crippen MR) is 88.0 cm³/mol. The van der Waals surface area contributed by atoms with E-state index in [1.807, 2.05) is 12.1 Å². The quantitative estimate of drug-likeness (QED) is 0.733. The summed E-state index contributed by atoms with van der Waals surface area (Å²) in [7, 11) is 0. The van der Waals surface area contributed by atoms with E-state index < -0.39 is 11.6 Å². The first-order chi connectivity index (χ1) is 12.1. The molecular formula is C18H12N2O5. The molecule has 1 atom stereocenters. The van der Waals surface area contributed by atoms with Crippen molar-refractivity contribution in [1.82, 2.24) is 10.2 Å². The van der Waals surface area contributed by atoms with Gasteiger partial charge in [0.05, 0.1) is 11.5 Å². The van der Waals surface area contributed by atoms with Crippen molar-refractivity contribution in [3.63, 3.8) is 0 Å². The summed E-state index contributed by atoms with van der Waals surface area (Å²) in [5.74, 6) is -1.05. The zero-order chi connectivity index (χ0) is 17.4. The topological polar surface area (TPSA) is 106 Å². The van der Waals surface area contributed by atoms with E-state index in [-0.39, 0.29) is 28.8 Å². The number of hydrogen-bond acceptors (Lipinski definition) is 6. The van der Waals surface area contributed by atoms with Crippen LogP contribution in [-0.4, -0.2) is 21.3 Å². The third kappa shape index (κ3) is 2.76. The maximum atomic E-state index is 12.2. The summed E-state index contributed by atoms with van der Waals surface area (Å²) in [6.45, 7) is 0. The Labute approximate surface area is 140 Å². The van der Waals surface area contributed by atoms with Crippen LogP contribution in [0.25, 0.3) is 22.4 Å². The van der Waals surface area contributed by atoms with Gasteiger partial charge in [0.25, 0.3) is 5.89 Å². The average molecular weight is 336 g/mol. The first-order valence-corrected chi connectivity index (χ1v) is 7.60. The molecule has 7 nitrogen and oxygen atoms in total. The molecule has 0 saturated heterocycles. The minimum atomic E-state index is -1.02. The van der Waals surface area contributed by atoms with Gasteiger partial charge in [0.2, 0.25) is 5.89 Å². The molecule has 7 heteroatoms. The smallest absolute Gasteiger partial charge is 0.349 e. The van der Waals surface area contributed by atoms with E-state index in [2.05, 4.69) is 10.2 Å². The Hall–Kier alpha value is -3.48. The fourth-order valence-corrected chi connectivity index (χ4v) is 2.70. The fourth-order valence-electron chi connectivity index (χ4n) is 2.70. The highest BCUT2D eigenvalue weighted by Gasteiger charge is 2.22. The largest absolute Gasteiger partial charge is 0.478 e. The average Bonchev–Trinajstić information content (AvgIpc) is 3.11. The third-order valence-corrected chi connectivity index (χ3v) is 3.94. The van der Waals surface area contributed by atoms with Crippen LogP contribution in [0.15, 0.2) is 67.8 Å². The summed E-state index contributed by atoms with van der Waals surface area (Å²) in [5.41, 5.74) is 0.245. The van der Waals surface area contributed by atoms with Gasteiger partial charge in [-0.05, 0) is 18.6 Å². The lowest BCUT2D eigenvalue weighted by Gasteiger charge is -2.10. The lowest BCUT2D eigenvalue weighted by atomic mass is 9.96. The van der Waals surface area contributed by atoms with Gasteiger partial charge in [0.15, 0.2) is 0 Å². The summed E-state index contributed by atoms with van der Waals surface area (Å²) in [5, 5.41) is 17.7. The number of hydrogen-bond donors (Lipinski definition) is 1. The van der Waals surface area contributed by atoms with Crippen molar-refractivity contribution in [3.8, 4) is 11.5 Å². The lowest BCUT2D eigenvalue weighted by Crippen LogP contribution is -2.06. The summed E-state index contributed by atoms with van der Waals surface area (Å²) in [6, 6.07) is 8.76. The molecule has 2 heterocycles. The third-order valence-electron chi connectivity index (χ3n) is 3.94. The van der Waals surface area contributed by atoms with E-state index in [0.717, 1.165) is 5.39 Å². The fraction of sp³-hybridized carbons (Fsp3) is 0.111. The second kappa shape index (κ2) is 5.86. The molecule has 0 bridgehead atoms. The summed E-state index contributed by atoms with van der Waals surface area (Å²) < 4.78 is 10.9. The number of carboxylic acid groups (broad SMARTS) is 1. The van der Waals surface area contributed by atoms with Gasteiger partial charge in [-0.2, -0.15) is 0 Å². The Morgan fingerprint density at radius 3 is 2.88 bits per heavy atom. The Morgan fingerprint density at radius 1 is 1.20 bits per heavy atom. The van der Waals surface area contributed by atoms with Gasteiger partial charge in [-0.3, -0.25) is 0 Å². The van der Waals surface area contributed by atoms with Crippen LogP contribution in [0.1, 0.15) is 18.2 Å². The molecule has 0 radical (unpaired) electrons. The normalized spacial score (nSPS) is 16.8. The molecule has 2 aromatic heterocycles. The summed E-state index contributed by atoms with van der Waals surface area (Å²) >= 11 is 0. The first kappa shape index (κ1) is 15.1. The molecule has 1 aromatic carbocycles. The van der Waals surface area contributed by atoms with Crippen LogP contribution in [-0.2, 0) is 4.79 Å². The van der Waals surface area contributed by atoms with Crippen molar-refractivity contribution in [2.45, 2.75) is 12.3 Å². The number of aliphatic carboxylic acids is 1. The monoisotopic (exact) mass is 336 g/mol. The molecule has 1 N–H and O–H groups in total. The molecule has 1 aliphatic rings. The first-order valence-electron chi connectivity index (χ1n) is 7.60. The zero-order valence-corrected chi connectivity index (χ0v) is 12.9. The van der Waals surface area contributed by atoms with Gasteiger partial charge < -0.3 is 13.9 Å². The molecule has 25 heavy (non-hydrogen) atoms. The van der Waals surface area contributed by atoms with Crippen LogP contribution >= 0.6 is 0 Å². The van der Waals surface area contributed by atoms with Gasteiger partial charge in [0, 0.05) is 5.39 Å². The van der Waals surface area contributed by atoms with Gasteiger partial charge >= 0.3 is 11.6 Å². The maximum absolute atomic E-state index is 12.2. The lowest BCUT2D eigenvalue weighted by molar-refractivity contribution is -0.132. The van der Waals surface area contributed by atoms with Crippen LogP contribution in [0.2, 0.25) is 0 Å². The van der Waals surface area contributed by atoms with Crippen LogP contribution in [0.4, 0.5) is 0 Å². The van der Waals surface area contributed by atoms with Crippen molar-refractivity contribution >= 4 is 16.9 Å². The molecule has 3 aromatic rings. The van der Waals surface area contributed by atoms with E-state index in [9.17, 15) is 9.59 Å². The number of rotatable bonds is 3. The van der Waals surface area contributed by atoms with E-state index in [0.29, 0.717) is 12.0 Å². The number of aromatic nitrogens is 2. The molecule has 4 rings (SSSR count). The standard InChI is InChI=1S/C18H12N2O5/c21-17(22)12-6-3-5-11(8-12)15-19-20-16(25-15)13-9-10-4-1-2-7-14(10)24-18(13)23/h1-4,6-9,11H,5H2,(H,21,22). The second-order valence-electron chi connectivity index (χ2n) is 5.60. The van der Waals surface area contributed by atoms with Crippen LogP contribution in [0.3, 0.4) is 0 Å². The highest BCUT2D eigenvalue weighted by atomic mass is 16.4. The van der Waals surface area contributed by atoms with E-state index >= 15 is 0 Å². The molecule has 0 saturated carbocycles. The van der Waals surface area contributed by atoms with Gasteiger partial charge in [-0.1, -0.05) is 36.4 Å². The van der Waals surface area contributed by atoms with Crippen LogP contribution in [0, 0.1) is 0 Å². The second-order valence-corrected chi connectivity index (χ2v) is 5.60. The van der Waals surface area contributed by atoms with Crippen molar-refractivity contribution in [2.24, 2.45) is 0 Å². The highest BCUT2D eigenvalue weighted by molar-refractivity contribution is 5.90. The highest BCUT2D eigenvalue weighted by Crippen LogP contribution is 2.28. The Kier molecular flexibility index (Phi) is 3.53. The van der Waals surface area contributed by atoms with E-state index in [4.69, 9.17) is 13.9 Å². The molecule has 0 fully saturated rings. The minimum Gasteiger partial charge on any atom is -0.478 e. The number of benzene rings is 1. The zero-order valence-electron chi connectivity index (χ0n) is 12.9. The number of carboxylic acids is 1. The number of fused-ring (bicyclic) bond motifs is 1. The van der Waals surface area contributed by atoms with Gasteiger partial charge in [-0.15, -0.1) is 10.2 Å². The molecule has 0 aliphatic heterocycles. The molecule has 0 spiro atoms. The molecule has 1 aliphatic carbocycles. The molecular weight excluding hydrogens is 324 g/mol.